The van der Waals surface area contributed by atoms with Crippen LogP contribution < -0.4 is 5.32 Å². The van der Waals surface area contributed by atoms with Crippen LogP contribution in [0, 0.1) is 13.8 Å². The van der Waals surface area contributed by atoms with Crippen LogP contribution in [0.15, 0.2) is 36.5 Å². The van der Waals surface area contributed by atoms with Crippen molar-refractivity contribution in [1.82, 2.24) is 15.3 Å². The molecule has 1 aromatic heterocycles. The number of nitrogens with one attached hydrogen (secondary N) is 1. The van der Waals surface area contributed by atoms with Crippen molar-refractivity contribution < 1.29 is 5.11 Å². The first kappa shape index (κ1) is 15.6. The molecule has 4 nitrogen and oxygen atoms in total. The lowest BCUT2D eigenvalue weighted by molar-refractivity contribution is 0.260. The minimum atomic E-state index is 0.118. The van der Waals surface area contributed by atoms with Gasteiger partial charge in [-0.3, -0.25) is 0 Å². The van der Waals surface area contributed by atoms with Crippen molar-refractivity contribution in [2.75, 3.05) is 6.61 Å². The van der Waals surface area contributed by atoms with Crippen LogP contribution in [0.2, 0.25) is 0 Å². The smallest absolute Gasteiger partial charge is 0.125 e. The minimum Gasteiger partial charge on any atom is -0.396 e. The van der Waals surface area contributed by atoms with E-state index in [1.807, 2.05) is 38.2 Å². The highest BCUT2D eigenvalue weighted by Crippen LogP contribution is 2.23. The summed E-state index contributed by atoms with van der Waals surface area (Å²) >= 11 is 0. The van der Waals surface area contributed by atoms with Gasteiger partial charge in [-0.25, -0.2) is 9.97 Å². The van der Waals surface area contributed by atoms with Crippen LogP contribution in [0.4, 0.5) is 0 Å². The first-order valence-corrected chi connectivity index (χ1v) is 7.33. The monoisotopic (exact) mass is 285 g/mol. The number of hydrogen-bond donors (Lipinski definition) is 2. The summed E-state index contributed by atoms with van der Waals surface area (Å²) in [5.74, 6) is 0.790. The summed E-state index contributed by atoms with van der Waals surface area (Å²) in [6.45, 7) is 6.16. The molecule has 0 aliphatic carbocycles. The molecular weight excluding hydrogens is 262 g/mol. The van der Waals surface area contributed by atoms with Crippen LogP contribution in [-0.4, -0.2) is 21.7 Å². The summed E-state index contributed by atoms with van der Waals surface area (Å²) in [5, 5.41) is 12.9. The Hall–Kier alpha value is -1.78. The number of aliphatic hydroxyl groups is 1. The lowest BCUT2D eigenvalue weighted by Crippen LogP contribution is -2.26. The summed E-state index contributed by atoms with van der Waals surface area (Å²) in [6.07, 6.45) is 2.57. The van der Waals surface area contributed by atoms with E-state index in [4.69, 9.17) is 0 Å². The van der Waals surface area contributed by atoms with Crippen molar-refractivity contribution in [1.29, 1.82) is 0 Å². The van der Waals surface area contributed by atoms with Crippen molar-refractivity contribution >= 4 is 0 Å². The van der Waals surface area contributed by atoms with Crippen LogP contribution in [0.25, 0.3) is 0 Å². The van der Waals surface area contributed by atoms with Crippen LogP contribution in [-0.2, 0) is 0 Å². The van der Waals surface area contributed by atoms with Gasteiger partial charge in [0, 0.05) is 36.1 Å². The van der Waals surface area contributed by atoms with Gasteiger partial charge in [0.25, 0.3) is 0 Å². The predicted molar refractivity (Wildman–Crippen MR) is 83.9 cm³/mol. The molecule has 0 radical (unpaired) electrons. The van der Waals surface area contributed by atoms with E-state index in [1.165, 1.54) is 5.56 Å². The molecule has 2 aromatic rings. The number of rotatable bonds is 6. The molecule has 0 amide bonds. The first-order valence-electron chi connectivity index (χ1n) is 7.33. The van der Waals surface area contributed by atoms with Crippen LogP contribution in [0.1, 0.15) is 48.1 Å². The molecule has 2 N–H and O–H groups in total. The van der Waals surface area contributed by atoms with E-state index in [9.17, 15) is 5.11 Å². The van der Waals surface area contributed by atoms with Gasteiger partial charge in [0.15, 0.2) is 0 Å². The Kier molecular flexibility index (Phi) is 5.42. The van der Waals surface area contributed by atoms with E-state index in [1.54, 1.807) is 0 Å². The summed E-state index contributed by atoms with van der Waals surface area (Å²) < 4.78 is 0. The average molecular weight is 285 g/mol. The van der Waals surface area contributed by atoms with Crippen molar-refractivity contribution in [3.8, 4) is 0 Å². The molecule has 0 spiro atoms. The van der Waals surface area contributed by atoms with Crippen LogP contribution in [0.3, 0.4) is 0 Å². The summed E-state index contributed by atoms with van der Waals surface area (Å²) in [7, 11) is 0. The summed E-state index contributed by atoms with van der Waals surface area (Å²) in [6, 6.07) is 10.4. The number of aromatic nitrogens is 2. The number of hydrogen-bond acceptors (Lipinski definition) is 4. The lowest BCUT2D eigenvalue weighted by Gasteiger charge is -2.24. The van der Waals surface area contributed by atoms with Gasteiger partial charge in [0.1, 0.15) is 5.82 Å². The molecule has 0 saturated carbocycles. The third-order valence-corrected chi connectivity index (χ3v) is 3.68. The van der Waals surface area contributed by atoms with Crippen LogP contribution >= 0.6 is 0 Å². The Balaban J connectivity index is 2.16. The molecule has 4 heteroatoms. The molecule has 0 bridgehead atoms. The maximum Gasteiger partial charge on any atom is 0.125 e. The quantitative estimate of drug-likeness (QED) is 0.857. The van der Waals surface area contributed by atoms with Gasteiger partial charge in [-0.15, -0.1) is 0 Å². The van der Waals surface area contributed by atoms with Crippen LogP contribution in [0.5, 0.6) is 0 Å². The number of benzene rings is 1. The fraction of sp³-hybridized carbons (Fsp3) is 0.412. The maximum atomic E-state index is 9.31. The Labute approximate surface area is 126 Å². The SMILES string of the molecule is Cc1ncc(C(C)N[C@H](CCO)c2ccccc2)c(C)n1. The molecule has 0 saturated heterocycles. The van der Waals surface area contributed by atoms with Gasteiger partial charge in [-0.1, -0.05) is 30.3 Å². The normalized spacial score (nSPS) is 13.9. The highest BCUT2D eigenvalue weighted by atomic mass is 16.3. The van der Waals surface area contributed by atoms with Gasteiger partial charge in [0.05, 0.1) is 0 Å². The Morgan fingerprint density at radius 3 is 2.52 bits per heavy atom. The number of aliphatic hydroxyl groups excluding tert-OH is 1. The zero-order valence-corrected chi connectivity index (χ0v) is 12.9. The molecule has 21 heavy (non-hydrogen) atoms. The predicted octanol–water partition coefficient (Wildman–Crippen LogP) is 2.87. The summed E-state index contributed by atoms with van der Waals surface area (Å²) in [4.78, 5) is 8.71. The van der Waals surface area contributed by atoms with Crippen molar-refractivity contribution in [3.63, 3.8) is 0 Å². The third-order valence-electron chi connectivity index (χ3n) is 3.68. The maximum absolute atomic E-state index is 9.31. The topological polar surface area (TPSA) is 58.0 Å². The molecule has 2 rings (SSSR count). The number of nitrogens with zero attached hydrogens (tertiary/aromatic N) is 2. The van der Waals surface area contributed by atoms with E-state index < -0.39 is 0 Å². The molecule has 1 aromatic carbocycles. The van der Waals surface area contributed by atoms with Crippen molar-refractivity contribution in [2.45, 2.75) is 39.3 Å². The molecular formula is C17H23N3O. The van der Waals surface area contributed by atoms with E-state index in [2.05, 4.69) is 34.3 Å². The van der Waals surface area contributed by atoms with E-state index >= 15 is 0 Å². The van der Waals surface area contributed by atoms with Gasteiger partial charge in [-0.2, -0.15) is 0 Å². The van der Waals surface area contributed by atoms with E-state index in [0.29, 0.717) is 6.42 Å². The van der Waals surface area contributed by atoms with Gasteiger partial charge < -0.3 is 10.4 Å². The fourth-order valence-corrected chi connectivity index (χ4v) is 2.57. The average Bonchev–Trinajstić information content (AvgIpc) is 2.47. The standard InChI is InChI=1S/C17H23N3O/c1-12-16(11-18-14(3)19-12)13(2)20-17(9-10-21)15-7-5-4-6-8-15/h4-8,11,13,17,20-21H,9-10H2,1-3H3/t13?,17-/m1/s1. The van der Waals surface area contributed by atoms with Crippen molar-refractivity contribution in [2.24, 2.45) is 0 Å². The summed E-state index contributed by atoms with van der Waals surface area (Å²) in [5.41, 5.74) is 3.28. The highest BCUT2D eigenvalue weighted by molar-refractivity contribution is 5.23. The number of aryl methyl sites for hydroxylation is 2. The molecule has 0 aliphatic heterocycles. The molecule has 2 atom stereocenters. The third kappa shape index (κ3) is 4.09. The minimum absolute atomic E-state index is 0.118. The zero-order valence-electron chi connectivity index (χ0n) is 12.9. The van der Waals surface area contributed by atoms with E-state index in [0.717, 1.165) is 17.1 Å². The van der Waals surface area contributed by atoms with Gasteiger partial charge in [0.2, 0.25) is 0 Å². The van der Waals surface area contributed by atoms with Gasteiger partial charge in [-0.05, 0) is 32.8 Å². The second kappa shape index (κ2) is 7.29. The molecule has 112 valence electrons. The molecule has 1 unspecified atom stereocenters. The van der Waals surface area contributed by atoms with E-state index in [-0.39, 0.29) is 18.7 Å². The zero-order chi connectivity index (χ0) is 15.2. The fourth-order valence-electron chi connectivity index (χ4n) is 2.57. The first-order chi connectivity index (χ1) is 10.1. The Morgan fingerprint density at radius 2 is 1.90 bits per heavy atom. The Bertz CT molecular complexity index is 572. The van der Waals surface area contributed by atoms with Crippen molar-refractivity contribution in [3.05, 3.63) is 59.2 Å². The largest absolute Gasteiger partial charge is 0.396 e. The van der Waals surface area contributed by atoms with Gasteiger partial charge >= 0.3 is 0 Å². The highest BCUT2D eigenvalue weighted by Gasteiger charge is 2.17. The molecule has 1 heterocycles. The second-order valence-corrected chi connectivity index (χ2v) is 5.32. The molecule has 0 fully saturated rings. The Morgan fingerprint density at radius 1 is 1.19 bits per heavy atom. The lowest BCUT2D eigenvalue weighted by atomic mass is 10.0. The second-order valence-electron chi connectivity index (χ2n) is 5.32. The molecule has 0 aliphatic rings.